The van der Waals surface area contributed by atoms with Gasteiger partial charge in [0.1, 0.15) is 5.82 Å². The fourth-order valence-electron chi connectivity index (χ4n) is 3.42. The number of carbonyl (C=O) groups excluding carboxylic acids is 1. The summed E-state index contributed by atoms with van der Waals surface area (Å²) in [5, 5.41) is 2.88. The monoisotopic (exact) mass is 418 g/mol. The summed E-state index contributed by atoms with van der Waals surface area (Å²) in [4.78, 5) is 14.6. The van der Waals surface area contributed by atoms with Crippen LogP contribution in [0, 0.1) is 5.82 Å². The Morgan fingerprint density at radius 3 is 2.40 bits per heavy atom. The molecule has 1 amide bonds. The molecule has 1 atom stereocenters. The van der Waals surface area contributed by atoms with Gasteiger partial charge in [0.25, 0.3) is 0 Å². The molecule has 8 heteroatoms. The minimum Gasteiger partial charge on any atom is -0.493 e. The lowest BCUT2D eigenvalue weighted by atomic mass is 10.1. The molecule has 1 fully saturated rings. The zero-order chi connectivity index (χ0) is 21.5. The van der Waals surface area contributed by atoms with Crippen LogP contribution in [0.4, 0.5) is 10.1 Å². The first-order valence-electron chi connectivity index (χ1n) is 9.73. The second kappa shape index (κ2) is 10.3. The van der Waals surface area contributed by atoms with Crippen LogP contribution in [0.2, 0.25) is 0 Å². The van der Waals surface area contributed by atoms with E-state index in [1.165, 1.54) is 33.5 Å². The maximum atomic E-state index is 13.1. The highest BCUT2D eigenvalue weighted by atomic mass is 19.1. The number of rotatable bonds is 8. The lowest BCUT2D eigenvalue weighted by Crippen LogP contribution is -2.39. The molecule has 0 spiro atoms. The zero-order valence-electron chi connectivity index (χ0n) is 17.4. The van der Waals surface area contributed by atoms with Gasteiger partial charge in [-0.25, -0.2) is 4.39 Å². The van der Waals surface area contributed by atoms with Crippen LogP contribution >= 0.6 is 0 Å². The summed E-state index contributed by atoms with van der Waals surface area (Å²) in [7, 11) is 4.58. The molecule has 0 aromatic heterocycles. The van der Waals surface area contributed by atoms with Gasteiger partial charge in [0.15, 0.2) is 11.5 Å². The fraction of sp³-hybridized carbons (Fsp3) is 0.409. The van der Waals surface area contributed by atoms with Crippen molar-refractivity contribution < 1.29 is 28.1 Å². The molecule has 1 heterocycles. The van der Waals surface area contributed by atoms with Gasteiger partial charge in [-0.1, -0.05) is 12.1 Å². The number of carbonyl (C=O) groups is 1. The lowest BCUT2D eigenvalue weighted by molar-refractivity contribution is -0.117. The molecule has 2 aromatic rings. The van der Waals surface area contributed by atoms with Gasteiger partial charge in [-0.15, -0.1) is 0 Å². The van der Waals surface area contributed by atoms with Crippen molar-refractivity contribution in [2.75, 3.05) is 52.9 Å². The Bertz CT molecular complexity index is 834. The third-order valence-corrected chi connectivity index (χ3v) is 5.00. The molecule has 0 bridgehead atoms. The number of methoxy groups -OCH3 is 3. The number of anilines is 1. The number of nitrogens with one attached hydrogen (secondary N) is 1. The quantitative estimate of drug-likeness (QED) is 0.710. The molecule has 1 N–H and O–H groups in total. The molecular formula is C22H27FN2O5. The Morgan fingerprint density at radius 1 is 1.13 bits per heavy atom. The van der Waals surface area contributed by atoms with E-state index in [9.17, 15) is 9.18 Å². The number of benzene rings is 2. The van der Waals surface area contributed by atoms with Crippen molar-refractivity contribution in [3.8, 4) is 17.2 Å². The van der Waals surface area contributed by atoms with E-state index in [-0.39, 0.29) is 17.8 Å². The van der Waals surface area contributed by atoms with E-state index in [1.54, 1.807) is 24.3 Å². The maximum absolute atomic E-state index is 13.1. The first-order chi connectivity index (χ1) is 14.5. The summed E-state index contributed by atoms with van der Waals surface area (Å²) in [6, 6.07) is 9.73. The topological polar surface area (TPSA) is 69.3 Å². The predicted octanol–water partition coefficient (Wildman–Crippen LogP) is 3.25. The van der Waals surface area contributed by atoms with Gasteiger partial charge in [-0.2, -0.15) is 0 Å². The Kier molecular flexibility index (Phi) is 7.48. The third-order valence-electron chi connectivity index (χ3n) is 5.00. The molecule has 1 unspecified atom stereocenters. The molecule has 7 nitrogen and oxygen atoms in total. The fourth-order valence-corrected chi connectivity index (χ4v) is 3.42. The van der Waals surface area contributed by atoms with Crippen LogP contribution in [0.15, 0.2) is 36.4 Å². The molecule has 0 saturated carbocycles. The molecular weight excluding hydrogens is 391 g/mol. The van der Waals surface area contributed by atoms with E-state index >= 15 is 0 Å². The highest BCUT2D eigenvalue weighted by Gasteiger charge is 2.22. The molecule has 1 aliphatic rings. The van der Waals surface area contributed by atoms with Crippen LogP contribution in [-0.2, 0) is 9.53 Å². The van der Waals surface area contributed by atoms with Crippen molar-refractivity contribution in [3.05, 3.63) is 47.8 Å². The predicted molar refractivity (Wildman–Crippen MR) is 111 cm³/mol. The molecule has 3 rings (SSSR count). The standard InChI is InChI=1S/C22H27FN2O5/c1-27-18-12-17(13-19(28-2)22(18)29-3)24-21(26)8-9-25-10-11-30-20(14-25)15-4-6-16(23)7-5-15/h4-7,12-13,20H,8-11,14H2,1-3H3,(H,24,26). The van der Waals surface area contributed by atoms with Crippen molar-refractivity contribution in [1.29, 1.82) is 0 Å². The number of morpholine rings is 1. The summed E-state index contributed by atoms with van der Waals surface area (Å²) in [5.74, 6) is 1.03. The smallest absolute Gasteiger partial charge is 0.225 e. The summed E-state index contributed by atoms with van der Waals surface area (Å²) in [6.45, 7) is 2.56. The van der Waals surface area contributed by atoms with Crippen LogP contribution in [-0.4, -0.2) is 58.4 Å². The van der Waals surface area contributed by atoms with E-state index in [0.29, 0.717) is 49.1 Å². The second-order valence-electron chi connectivity index (χ2n) is 6.92. The number of halogens is 1. The summed E-state index contributed by atoms with van der Waals surface area (Å²) in [5.41, 5.74) is 1.50. The molecule has 30 heavy (non-hydrogen) atoms. The minimum absolute atomic E-state index is 0.117. The Labute approximate surface area is 175 Å². The van der Waals surface area contributed by atoms with Gasteiger partial charge >= 0.3 is 0 Å². The Morgan fingerprint density at radius 2 is 1.80 bits per heavy atom. The lowest BCUT2D eigenvalue weighted by Gasteiger charge is -2.33. The van der Waals surface area contributed by atoms with Gasteiger partial charge in [0.2, 0.25) is 11.7 Å². The minimum atomic E-state index is -0.269. The average molecular weight is 418 g/mol. The van der Waals surface area contributed by atoms with Crippen LogP contribution in [0.1, 0.15) is 18.1 Å². The molecule has 1 saturated heterocycles. The van der Waals surface area contributed by atoms with Gasteiger partial charge in [0.05, 0.1) is 34.0 Å². The van der Waals surface area contributed by atoms with Gasteiger partial charge < -0.3 is 24.3 Å². The maximum Gasteiger partial charge on any atom is 0.225 e. The number of hydrogen-bond acceptors (Lipinski definition) is 6. The number of ether oxygens (including phenoxy) is 4. The van der Waals surface area contributed by atoms with E-state index in [0.717, 1.165) is 12.1 Å². The normalized spacial score (nSPS) is 16.7. The van der Waals surface area contributed by atoms with Gasteiger partial charge in [-0.05, 0) is 17.7 Å². The van der Waals surface area contributed by atoms with Crippen LogP contribution in [0.25, 0.3) is 0 Å². The van der Waals surface area contributed by atoms with E-state index in [2.05, 4.69) is 10.2 Å². The summed E-state index contributed by atoms with van der Waals surface area (Å²) >= 11 is 0. The largest absolute Gasteiger partial charge is 0.493 e. The first kappa shape index (κ1) is 21.9. The van der Waals surface area contributed by atoms with Crippen molar-refractivity contribution >= 4 is 11.6 Å². The highest BCUT2D eigenvalue weighted by molar-refractivity contribution is 5.91. The van der Waals surface area contributed by atoms with Gasteiger partial charge in [-0.3, -0.25) is 9.69 Å². The molecule has 1 aliphatic heterocycles. The second-order valence-corrected chi connectivity index (χ2v) is 6.92. The van der Waals surface area contributed by atoms with Crippen molar-refractivity contribution in [3.63, 3.8) is 0 Å². The molecule has 0 aliphatic carbocycles. The van der Waals surface area contributed by atoms with Crippen molar-refractivity contribution in [2.45, 2.75) is 12.5 Å². The van der Waals surface area contributed by atoms with Crippen molar-refractivity contribution in [1.82, 2.24) is 4.90 Å². The zero-order valence-corrected chi connectivity index (χ0v) is 17.4. The van der Waals surface area contributed by atoms with E-state index in [1.807, 2.05) is 0 Å². The summed E-state index contributed by atoms with van der Waals surface area (Å²) in [6.07, 6.45) is 0.199. The summed E-state index contributed by atoms with van der Waals surface area (Å²) < 4.78 is 34.9. The number of hydrogen-bond donors (Lipinski definition) is 1. The van der Waals surface area contributed by atoms with Crippen LogP contribution in [0.3, 0.4) is 0 Å². The SMILES string of the molecule is COc1cc(NC(=O)CCN2CCOC(c3ccc(F)cc3)C2)cc(OC)c1OC. The van der Waals surface area contributed by atoms with Gasteiger partial charge in [0, 0.05) is 43.9 Å². The number of nitrogens with zero attached hydrogens (tertiary/aromatic N) is 1. The molecule has 2 aromatic carbocycles. The van der Waals surface area contributed by atoms with Crippen LogP contribution in [0.5, 0.6) is 17.2 Å². The Balaban J connectivity index is 1.56. The first-order valence-corrected chi connectivity index (χ1v) is 9.73. The Hall–Kier alpha value is -2.84. The number of amides is 1. The van der Waals surface area contributed by atoms with E-state index < -0.39 is 0 Å². The third kappa shape index (κ3) is 5.40. The highest BCUT2D eigenvalue weighted by Crippen LogP contribution is 2.39. The van der Waals surface area contributed by atoms with Crippen LogP contribution < -0.4 is 19.5 Å². The van der Waals surface area contributed by atoms with Crippen molar-refractivity contribution in [2.24, 2.45) is 0 Å². The average Bonchev–Trinajstić information content (AvgIpc) is 2.77. The molecule has 162 valence electrons. The van der Waals surface area contributed by atoms with E-state index in [4.69, 9.17) is 18.9 Å². The molecule has 0 radical (unpaired) electrons.